The van der Waals surface area contributed by atoms with Crippen LogP contribution in [-0.4, -0.2) is 83.9 Å². The van der Waals surface area contributed by atoms with E-state index in [1.165, 1.54) is 33.2 Å². The van der Waals surface area contributed by atoms with Crippen LogP contribution in [0.3, 0.4) is 0 Å². The van der Waals surface area contributed by atoms with E-state index in [9.17, 15) is 0 Å². The fourth-order valence-electron chi connectivity index (χ4n) is 9.93. The van der Waals surface area contributed by atoms with Gasteiger partial charge in [-0.3, -0.25) is 0 Å². The van der Waals surface area contributed by atoms with Gasteiger partial charge >= 0.3 is 0 Å². The molecule has 0 aliphatic carbocycles. The molecular formula is C59H55B10N3. The molecule has 0 aromatic heterocycles. The molecule has 72 heavy (non-hydrogen) atoms. The van der Waals surface area contributed by atoms with Crippen molar-refractivity contribution in [1.29, 1.82) is 0 Å². The first-order valence-corrected chi connectivity index (χ1v) is 24.5. The zero-order valence-electron chi connectivity index (χ0n) is 44.1. The molecule has 2 heterocycles. The summed E-state index contributed by atoms with van der Waals surface area (Å²) in [5, 5.41) is 0. The smallest absolute Gasteiger partial charge is 0.252 e. The number of anilines is 8. The highest BCUT2D eigenvalue weighted by Crippen LogP contribution is 2.48. The van der Waals surface area contributed by atoms with Gasteiger partial charge in [-0.15, -0.1) is 39.2 Å². The van der Waals surface area contributed by atoms with E-state index in [1.807, 2.05) is 4.90 Å². The van der Waals surface area contributed by atoms with E-state index in [0.29, 0.717) is 5.69 Å². The summed E-state index contributed by atoms with van der Waals surface area (Å²) in [7, 11) is 60.0. The average Bonchev–Trinajstić information content (AvgIpc) is 3.32. The molecule has 0 spiro atoms. The van der Waals surface area contributed by atoms with Crippen molar-refractivity contribution in [2.75, 3.05) is 21.2 Å². The Morgan fingerprint density at radius 1 is 0.486 bits per heavy atom. The fourth-order valence-corrected chi connectivity index (χ4v) is 9.93. The molecule has 6 aromatic carbocycles. The van der Waals surface area contributed by atoms with Crippen LogP contribution in [0.5, 0.6) is 0 Å². The number of benzene rings is 6. The van der Waals surface area contributed by atoms with E-state index in [1.54, 1.807) is 0 Å². The molecule has 13 heteroatoms. The molecule has 0 saturated carbocycles. The van der Waals surface area contributed by atoms with E-state index in [-0.39, 0.29) is 89.8 Å². The van der Waals surface area contributed by atoms with Crippen LogP contribution < -0.4 is 58.4 Å². The number of allylic oxidation sites excluding steroid dienone is 3. The normalized spacial score (nSPS) is 14.2. The maximum absolute atomic E-state index is 7.00. The topological polar surface area (TPSA) is 9.72 Å². The Bertz CT molecular complexity index is 3090. The molecule has 18 radical (unpaired) electrons. The van der Waals surface area contributed by atoms with E-state index in [4.69, 9.17) is 77.0 Å². The molecule has 2 aliphatic rings. The van der Waals surface area contributed by atoms with E-state index < -0.39 is 0 Å². The van der Waals surface area contributed by atoms with Crippen LogP contribution in [0.1, 0.15) is 105 Å². The van der Waals surface area contributed by atoms with Gasteiger partial charge in [-0.2, -0.15) is 0 Å². The summed E-state index contributed by atoms with van der Waals surface area (Å²) >= 11 is 0. The van der Waals surface area contributed by atoms with Gasteiger partial charge in [0, 0.05) is 52.0 Å². The molecule has 0 bridgehead atoms. The van der Waals surface area contributed by atoms with Crippen LogP contribution in [0.2, 0.25) is 0 Å². The van der Waals surface area contributed by atoms with Crippen molar-refractivity contribution in [3.05, 3.63) is 141 Å². The van der Waals surface area contributed by atoms with Crippen molar-refractivity contribution in [3.63, 3.8) is 0 Å². The van der Waals surface area contributed by atoms with E-state index in [2.05, 4.69) is 196 Å². The number of hydrogen-bond acceptors (Lipinski definition) is 3. The molecule has 2 aliphatic heterocycles. The van der Waals surface area contributed by atoms with Gasteiger partial charge in [0.05, 0.1) is 0 Å². The van der Waals surface area contributed by atoms with Crippen molar-refractivity contribution in [1.82, 2.24) is 0 Å². The summed E-state index contributed by atoms with van der Waals surface area (Å²) in [5.74, 6) is 2.37. The third-order valence-corrected chi connectivity index (χ3v) is 14.4. The van der Waals surface area contributed by atoms with E-state index in [0.717, 1.165) is 39.6 Å². The molecule has 3 nitrogen and oxygen atoms in total. The van der Waals surface area contributed by atoms with Crippen LogP contribution in [0.25, 0.3) is 0 Å². The molecule has 6 aromatic rings. The third kappa shape index (κ3) is 9.35. The number of rotatable bonds is 7. The lowest BCUT2D eigenvalue weighted by molar-refractivity contribution is 0.590. The Labute approximate surface area is 443 Å². The van der Waals surface area contributed by atoms with Crippen molar-refractivity contribution in [2.24, 2.45) is 0 Å². The average molecular weight is 914 g/mol. The monoisotopic (exact) mass is 916 g/mol. The minimum atomic E-state index is -0.211. The molecule has 0 unspecified atom stereocenters. The number of hydrogen-bond donors (Lipinski definition) is 0. The summed E-state index contributed by atoms with van der Waals surface area (Å²) < 4.78 is 0. The van der Waals surface area contributed by atoms with Crippen molar-refractivity contribution in [3.8, 4) is 12.3 Å². The maximum Gasteiger partial charge on any atom is 0.252 e. The van der Waals surface area contributed by atoms with Gasteiger partial charge in [0.15, 0.2) is 0 Å². The standard InChI is InChI=1S/C59H55B10N3/c1-14-39(60)47(62)48(63)40(61)31-70(55-52(67)50(65)49(64)51(66)53(55)68)38-29-45-54-46(30-38)72(37-23-17-33(18-24-37)57(5,6)7)44-26-20-35(59(11,12)13)28-42(44)69(54)41-27-34(58(8,9)10)19-25-43(41)71(45)36-21-15-32(16-22-36)56(2,3)4/h1,15-30H,31H2,2-13H3/b47-39-,48-40-. The van der Waals surface area contributed by atoms with Crippen LogP contribution in [0.4, 0.5) is 45.5 Å². The van der Waals surface area contributed by atoms with Crippen LogP contribution in [-0.2, 0) is 21.7 Å². The van der Waals surface area contributed by atoms with Crippen molar-refractivity contribution >= 4 is 167 Å². The van der Waals surface area contributed by atoms with Crippen LogP contribution in [0.15, 0.2) is 119 Å². The lowest BCUT2D eigenvalue weighted by atomic mass is 9.33. The Hall–Kier alpha value is -5.59. The fraction of sp³-hybridized carbons (Fsp3) is 0.288. The Balaban J connectivity index is 1.57. The second kappa shape index (κ2) is 18.7. The van der Waals surface area contributed by atoms with Gasteiger partial charge in [0.1, 0.15) is 70.6 Å². The van der Waals surface area contributed by atoms with Crippen LogP contribution >= 0.6 is 0 Å². The summed E-state index contributed by atoms with van der Waals surface area (Å²) in [6.07, 6.45) is 5.68. The highest BCUT2D eigenvalue weighted by atomic mass is 15.2. The number of nitrogens with zero attached hydrogens (tertiary/aromatic N) is 3. The third-order valence-electron chi connectivity index (χ3n) is 14.4. The highest BCUT2D eigenvalue weighted by molar-refractivity contribution is 7.00. The summed E-state index contributed by atoms with van der Waals surface area (Å²) in [5.41, 5.74) is 15.1. The zero-order valence-corrected chi connectivity index (χ0v) is 44.1. The van der Waals surface area contributed by atoms with Crippen molar-refractivity contribution < 1.29 is 0 Å². The van der Waals surface area contributed by atoms with Gasteiger partial charge in [-0.05, 0) is 109 Å². The molecule has 0 atom stereocenters. The van der Waals surface area contributed by atoms with Gasteiger partial charge in [0.25, 0.3) is 6.71 Å². The molecule has 0 N–H and O–H groups in total. The summed E-state index contributed by atoms with van der Waals surface area (Å²) in [6.45, 7) is 26.6. The molecule has 0 amide bonds. The maximum atomic E-state index is 7.00. The molecular weight excluding hydrogens is 859 g/mol. The lowest BCUT2D eigenvalue weighted by Gasteiger charge is -2.46. The molecule has 0 fully saturated rings. The second-order valence-electron chi connectivity index (χ2n) is 23.6. The number of fused-ring (bicyclic) bond motifs is 4. The highest BCUT2D eigenvalue weighted by Gasteiger charge is 2.45. The Morgan fingerprint density at radius 2 is 0.847 bits per heavy atom. The SMILES string of the molecule is [B]/C(C#C)=C([B])/C([B])=C(/[B])CN(c1cc2c3c(c1)N(c1ccc(C(C)(C)C)cc1)c1ccc(C(C)(C)C)cc1B3c1cc(C(C)(C)C)ccc1N2c1ccc(C(C)(C)C)cc1)c1c([B])c([B])c([B])c([B])c1[B]. The van der Waals surface area contributed by atoms with E-state index >= 15 is 0 Å². The predicted octanol–water partition coefficient (Wildman–Crippen LogP) is 5.80. The second-order valence-corrected chi connectivity index (χ2v) is 23.6. The molecule has 336 valence electrons. The van der Waals surface area contributed by atoms with Gasteiger partial charge in [0.2, 0.25) is 0 Å². The van der Waals surface area contributed by atoms with Gasteiger partial charge < -0.3 is 14.7 Å². The predicted molar refractivity (Wildman–Crippen MR) is 322 cm³/mol. The lowest BCUT2D eigenvalue weighted by Crippen LogP contribution is -2.61. The first-order chi connectivity index (χ1) is 33.4. The molecule has 0 saturated heterocycles. The van der Waals surface area contributed by atoms with Gasteiger partial charge in [-0.1, -0.05) is 154 Å². The van der Waals surface area contributed by atoms with Crippen molar-refractivity contribution in [2.45, 2.75) is 105 Å². The number of terminal acetylenes is 1. The molecule has 8 rings (SSSR count). The Morgan fingerprint density at radius 3 is 1.21 bits per heavy atom. The first kappa shape index (κ1) is 52.7. The summed E-state index contributed by atoms with van der Waals surface area (Å²) in [6, 6.07) is 35.9. The van der Waals surface area contributed by atoms with Crippen LogP contribution in [0, 0.1) is 12.3 Å². The largest absolute Gasteiger partial charge is 0.339 e. The van der Waals surface area contributed by atoms with Gasteiger partial charge in [-0.25, -0.2) is 0 Å². The zero-order chi connectivity index (χ0) is 52.9. The minimum Gasteiger partial charge on any atom is -0.339 e. The summed E-state index contributed by atoms with van der Waals surface area (Å²) in [4.78, 5) is 6.60. The first-order valence-electron chi connectivity index (χ1n) is 24.5. The minimum absolute atomic E-state index is 0.00312. The quantitative estimate of drug-likeness (QED) is 0.114. The Kier molecular flexibility index (Phi) is 13.7.